The molecule has 0 radical (unpaired) electrons. The van der Waals surface area contributed by atoms with E-state index in [0.29, 0.717) is 11.3 Å². The molecule has 2 unspecified atom stereocenters. The van der Waals surface area contributed by atoms with Crippen molar-refractivity contribution in [1.82, 2.24) is 50.8 Å². The van der Waals surface area contributed by atoms with Crippen molar-refractivity contribution >= 4 is 84.8 Å². The Morgan fingerprint density at radius 3 is 1.62 bits per heavy atom. The third-order valence-corrected chi connectivity index (χ3v) is 12.9. The van der Waals surface area contributed by atoms with Gasteiger partial charge in [0.1, 0.15) is 18.1 Å². The number of ketones is 2. The molecule has 2 heterocycles. The number of amides is 4. The molecule has 7 atom stereocenters. The van der Waals surface area contributed by atoms with Gasteiger partial charge in [-0.1, -0.05) is 30.3 Å². The Kier molecular flexibility index (Phi) is 31.0. The SMILES string of the molecule is C[C@H](NC(=O)[C@@H](N)CC(=O)O)C(=O)C[C@@H](Cc1cnc[nH]1)C(=O)N[C@@H](CO)C(=O)C[C@@H](Cc1ccccc1)C(=O)NC(CO)C(=O)NCCCC(C(=O)O)N1CCN(CC(=O)[O-])CCN(CC(=O)[O-])CCN(CC(=O)[O-])CC1.[Ga+3]. The molecule has 1 aromatic heterocycles. The van der Waals surface area contributed by atoms with Crippen LogP contribution in [0.2, 0.25) is 0 Å². The average molecular weight is 1170 g/mol. The molecule has 1 aliphatic rings. The van der Waals surface area contributed by atoms with Crippen LogP contribution in [0.4, 0.5) is 0 Å². The summed E-state index contributed by atoms with van der Waals surface area (Å²) in [7, 11) is 0. The quantitative estimate of drug-likeness (QED) is 0.0234. The average Bonchev–Trinajstić information content (AvgIpc) is 3.89. The van der Waals surface area contributed by atoms with E-state index in [1.54, 1.807) is 30.3 Å². The normalized spacial score (nSPS) is 16.8. The van der Waals surface area contributed by atoms with Crippen molar-refractivity contribution in [2.24, 2.45) is 17.6 Å². The second-order valence-corrected chi connectivity index (χ2v) is 18.9. The second-order valence-electron chi connectivity index (χ2n) is 18.9. The molecule has 0 saturated carbocycles. The Morgan fingerprint density at radius 1 is 0.658 bits per heavy atom. The number of carbonyl (C=O) groups excluding carboxylic acids is 9. The fourth-order valence-electron chi connectivity index (χ4n) is 8.54. The predicted molar refractivity (Wildman–Crippen MR) is 270 cm³/mol. The maximum Gasteiger partial charge on any atom is 3.00 e. The minimum absolute atomic E-state index is 0. The van der Waals surface area contributed by atoms with E-state index in [1.807, 2.05) is 0 Å². The van der Waals surface area contributed by atoms with E-state index in [9.17, 15) is 83.4 Å². The molecule has 1 aromatic carbocycles. The molecule has 79 heavy (non-hydrogen) atoms. The van der Waals surface area contributed by atoms with Crippen molar-refractivity contribution in [2.75, 3.05) is 91.8 Å². The zero-order valence-electron chi connectivity index (χ0n) is 43.8. The summed E-state index contributed by atoms with van der Waals surface area (Å²) in [4.78, 5) is 152. The molecular formula is C49H70GaN11O18. The summed E-state index contributed by atoms with van der Waals surface area (Å²) in [5.74, 6) is -14.4. The van der Waals surface area contributed by atoms with Gasteiger partial charge in [0, 0.05) is 116 Å². The maximum atomic E-state index is 14.0. The van der Waals surface area contributed by atoms with E-state index in [2.05, 4.69) is 31.2 Å². The number of aliphatic carboxylic acids is 5. The van der Waals surface area contributed by atoms with Crippen molar-refractivity contribution in [2.45, 2.75) is 82.1 Å². The Labute approximate surface area is 468 Å². The van der Waals surface area contributed by atoms with Gasteiger partial charge < -0.3 is 82.1 Å². The Morgan fingerprint density at radius 2 is 1.15 bits per heavy atom. The minimum Gasteiger partial charge on any atom is -0.549 e. The van der Waals surface area contributed by atoms with Crippen molar-refractivity contribution in [3.8, 4) is 0 Å². The van der Waals surface area contributed by atoms with Crippen LogP contribution < -0.4 is 42.3 Å². The monoisotopic (exact) mass is 1170 g/mol. The summed E-state index contributed by atoms with van der Waals surface area (Å²) in [6.07, 6.45) is 0.593. The Balaban J connectivity index is 0.0000213. The Hall–Kier alpha value is -6.64. The first-order chi connectivity index (χ1) is 37.0. The van der Waals surface area contributed by atoms with Gasteiger partial charge in [0.05, 0.1) is 61.9 Å². The number of aliphatic hydroxyl groups excluding tert-OH is 2. The molecule has 1 saturated heterocycles. The van der Waals surface area contributed by atoms with Crippen molar-refractivity contribution in [1.29, 1.82) is 0 Å². The number of Topliss-reactive ketones (excluding diaryl/α,β-unsaturated/α-hetero) is 2. The molecule has 11 N–H and O–H groups in total. The fraction of sp³-hybridized carbons (Fsp3) is 0.592. The van der Waals surface area contributed by atoms with Crippen LogP contribution >= 0.6 is 0 Å². The number of imidazole rings is 1. The number of H-pyrrole nitrogens is 1. The van der Waals surface area contributed by atoms with Crippen LogP contribution in [-0.4, -0.2) is 257 Å². The van der Waals surface area contributed by atoms with E-state index >= 15 is 0 Å². The molecule has 0 bridgehead atoms. The van der Waals surface area contributed by atoms with Crippen molar-refractivity contribution in [3.63, 3.8) is 0 Å². The smallest absolute Gasteiger partial charge is 0.549 e. The van der Waals surface area contributed by atoms with Gasteiger partial charge in [-0.05, 0) is 31.7 Å². The number of carboxylic acids is 5. The van der Waals surface area contributed by atoms with E-state index in [4.69, 9.17) is 10.8 Å². The van der Waals surface area contributed by atoms with Crippen LogP contribution in [-0.2, 0) is 65.6 Å². The van der Waals surface area contributed by atoms with Gasteiger partial charge in [0.2, 0.25) is 23.6 Å². The van der Waals surface area contributed by atoms with E-state index < -0.39 is 159 Å². The van der Waals surface area contributed by atoms with Crippen LogP contribution in [0.15, 0.2) is 42.9 Å². The number of hydrogen-bond acceptors (Lipinski definition) is 22. The summed E-state index contributed by atoms with van der Waals surface area (Å²) in [6, 6.07) is 1.27. The van der Waals surface area contributed by atoms with Gasteiger partial charge in [0.25, 0.3) is 0 Å². The topological polar surface area (TPSA) is 454 Å². The number of aromatic nitrogens is 2. The summed E-state index contributed by atoms with van der Waals surface area (Å²) in [5, 5.41) is 84.4. The predicted octanol–water partition coefficient (Wildman–Crippen LogP) is -8.95. The maximum absolute atomic E-state index is 14.0. The van der Waals surface area contributed by atoms with Gasteiger partial charge in [-0.25, -0.2) is 4.98 Å². The fourth-order valence-corrected chi connectivity index (χ4v) is 8.54. The molecule has 0 spiro atoms. The third-order valence-electron chi connectivity index (χ3n) is 12.9. The van der Waals surface area contributed by atoms with Crippen LogP contribution in [0.25, 0.3) is 0 Å². The number of rotatable bonds is 33. The number of carbonyl (C=O) groups is 11. The second kappa shape index (κ2) is 35.8. The number of benzene rings is 1. The van der Waals surface area contributed by atoms with Gasteiger partial charge in [-0.15, -0.1) is 0 Å². The first-order valence-electron chi connectivity index (χ1n) is 25.2. The largest absolute Gasteiger partial charge is 3.00 e. The number of nitrogens with zero attached hydrogens (tertiary/aromatic N) is 5. The molecule has 30 heteroatoms. The van der Waals surface area contributed by atoms with Crippen LogP contribution in [0.3, 0.4) is 0 Å². The first kappa shape index (κ1) is 68.5. The zero-order chi connectivity index (χ0) is 57.9. The number of aromatic amines is 1. The van der Waals surface area contributed by atoms with Crippen molar-refractivity contribution in [3.05, 3.63) is 54.1 Å². The molecule has 29 nitrogen and oxygen atoms in total. The van der Waals surface area contributed by atoms with Gasteiger partial charge >= 0.3 is 31.7 Å². The van der Waals surface area contributed by atoms with Gasteiger partial charge in [-0.2, -0.15) is 0 Å². The molecule has 1 aliphatic heterocycles. The summed E-state index contributed by atoms with van der Waals surface area (Å²) >= 11 is 0. The van der Waals surface area contributed by atoms with Gasteiger partial charge in [0.15, 0.2) is 11.6 Å². The summed E-state index contributed by atoms with van der Waals surface area (Å²) < 4.78 is 0. The number of hydrogen-bond donors (Lipinski definition) is 10. The van der Waals surface area contributed by atoms with Crippen LogP contribution in [0, 0.1) is 11.8 Å². The molecule has 4 amide bonds. The standard InChI is InChI=1S/C49H73N11O18.Ga/c1-30(54-47(75)35(50)22-41(65)66)39(63)20-33(19-34-23-51-29-53-34)46(74)55-36(27-61)40(64)21-32(18-31-6-3-2-4-7-31)45(73)56-37(28-62)48(76)52-9-5-8-38(49(77)78)60-16-14-58(25-43(69)70)12-10-57(24-42(67)68)11-13-59(15-17-60)26-44(71)72;/h2-4,6-7,23,29-30,32-33,35-38,61-62H,5,8-22,24-28,50H2,1H3,(H,51,53)(H,52,76)(H,54,75)(H,55,74)(H,56,73)(H,65,66)(H,67,68)(H,69,70)(H,71,72)(H,77,78);/q;+3/p-3/t30-,32+,33+,35-,36-,37?,38?;/m0./s1. The van der Waals surface area contributed by atoms with Crippen LogP contribution in [0.5, 0.6) is 0 Å². The zero-order valence-corrected chi connectivity index (χ0v) is 46.2. The van der Waals surface area contributed by atoms with Crippen LogP contribution in [0.1, 0.15) is 50.3 Å². The molecule has 3 rings (SSSR count). The Bertz CT molecular complexity index is 2300. The molecule has 0 aliphatic carbocycles. The molecule has 2 aromatic rings. The number of aliphatic hydroxyl groups is 2. The van der Waals surface area contributed by atoms with Gasteiger partial charge in [-0.3, -0.25) is 58.0 Å². The number of nitrogens with two attached hydrogens (primary N) is 1. The number of carboxylic acid groups (broad SMARTS) is 5. The first-order valence-corrected chi connectivity index (χ1v) is 25.2. The molecular weight excluding hydrogens is 1100 g/mol. The summed E-state index contributed by atoms with van der Waals surface area (Å²) in [5.41, 5.74) is 6.60. The van der Waals surface area contributed by atoms with E-state index in [0.717, 1.165) is 0 Å². The van der Waals surface area contributed by atoms with Crippen molar-refractivity contribution < 1.29 is 88.5 Å². The van der Waals surface area contributed by atoms with E-state index in [1.165, 1.54) is 39.0 Å². The minimum atomic E-state index is -1.61. The molecule has 432 valence electrons. The number of nitrogens with one attached hydrogen (secondary N) is 5. The third kappa shape index (κ3) is 25.8. The molecule has 1 fully saturated rings. The van der Waals surface area contributed by atoms with E-state index in [-0.39, 0.29) is 104 Å². The summed E-state index contributed by atoms with van der Waals surface area (Å²) in [6.45, 7) is -2.23.